The Morgan fingerprint density at radius 2 is 1.81 bits per heavy atom. The Kier molecular flexibility index (Phi) is 8.39. The second-order valence-electron chi connectivity index (χ2n) is 7.39. The molecule has 5 nitrogen and oxygen atoms in total. The number of carbonyl (C=O) groups excluding carboxylic acids is 2. The number of rotatable bonds is 4. The average molecular weight is 414 g/mol. The molecule has 1 aliphatic heterocycles. The Morgan fingerprint density at radius 1 is 1.11 bits per heavy atom. The molecule has 0 aromatic heterocycles. The Morgan fingerprint density at radius 3 is 2.44 bits per heavy atom. The van der Waals surface area contributed by atoms with Gasteiger partial charge in [0.1, 0.15) is 0 Å². The number of piperidine rings is 1. The monoisotopic (exact) mass is 413 g/mol. The number of nitrogens with zero attached hydrogens (tertiary/aromatic N) is 1. The number of hydrogen-bond acceptors (Lipinski definition) is 3. The molecular formula is C20H29Cl2N3O2. The highest BCUT2D eigenvalue weighted by Crippen LogP contribution is 2.26. The van der Waals surface area contributed by atoms with Gasteiger partial charge in [-0.05, 0) is 50.4 Å². The largest absolute Gasteiger partial charge is 0.339 e. The van der Waals surface area contributed by atoms with E-state index in [1.165, 1.54) is 19.3 Å². The predicted molar refractivity (Wildman–Crippen MR) is 112 cm³/mol. The number of benzene rings is 1. The van der Waals surface area contributed by atoms with Crippen LogP contribution < -0.4 is 10.6 Å². The molecule has 7 heteroatoms. The number of carbonyl (C=O) groups is 2. The summed E-state index contributed by atoms with van der Waals surface area (Å²) in [5, 5.41) is 6.51. The molecule has 1 aromatic carbocycles. The van der Waals surface area contributed by atoms with E-state index in [1.54, 1.807) is 18.2 Å². The maximum absolute atomic E-state index is 12.8. The van der Waals surface area contributed by atoms with Crippen LogP contribution in [-0.4, -0.2) is 42.4 Å². The highest BCUT2D eigenvalue weighted by Gasteiger charge is 2.25. The average Bonchev–Trinajstić information content (AvgIpc) is 2.68. The molecule has 1 saturated carbocycles. The standard InChI is InChI=1S/C20H28ClN3O2.ClH/c1-24(15-7-3-2-4-8-15)20(26)16-11-10-14(13-17(16)21)23-19(25)18-9-5-6-12-22-18;/h10-11,13,15,18,22H,2-9,12H2,1H3,(H,23,25);1H. The summed E-state index contributed by atoms with van der Waals surface area (Å²) in [5.74, 6) is -0.0899. The summed E-state index contributed by atoms with van der Waals surface area (Å²) in [6.45, 7) is 0.875. The molecule has 2 aliphatic rings. The Labute approximate surface area is 172 Å². The maximum Gasteiger partial charge on any atom is 0.255 e. The van der Waals surface area contributed by atoms with Gasteiger partial charge in [0, 0.05) is 18.8 Å². The minimum atomic E-state index is -0.152. The van der Waals surface area contributed by atoms with Gasteiger partial charge in [0.25, 0.3) is 5.91 Å². The van der Waals surface area contributed by atoms with Crippen LogP contribution in [0.3, 0.4) is 0 Å². The lowest BCUT2D eigenvalue weighted by atomic mass is 9.94. The fourth-order valence-corrected chi connectivity index (χ4v) is 4.16. The predicted octanol–water partition coefficient (Wildman–Crippen LogP) is 4.25. The van der Waals surface area contributed by atoms with E-state index in [0.717, 1.165) is 38.6 Å². The zero-order chi connectivity index (χ0) is 18.5. The lowest BCUT2D eigenvalue weighted by Crippen LogP contribution is -2.43. The Bertz CT molecular complexity index is 657. The number of hydrogen-bond donors (Lipinski definition) is 2. The van der Waals surface area contributed by atoms with E-state index in [4.69, 9.17) is 11.6 Å². The van der Waals surface area contributed by atoms with Gasteiger partial charge in [-0.2, -0.15) is 0 Å². The van der Waals surface area contributed by atoms with Gasteiger partial charge in [0.15, 0.2) is 0 Å². The summed E-state index contributed by atoms with van der Waals surface area (Å²) in [6, 6.07) is 5.29. The SMILES string of the molecule is CN(C(=O)c1ccc(NC(=O)C2CCCCN2)cc1Cl)C1CCCCC1.Cl. The first kappa shape index (κ1) is 22.0. The minimum Gasteiger partial charge on any atom is -0.339 e. The van der Waals surface area contributed by atoms with Crippen molar-refractivity contribution in [1.29, 1.82) is 0 Å². The zero-order valence-corrected chi connectivity index (χ0v) is 17.4. The molecule has 2 fully saturated rings. The molecule has 0 bridgehead atoms. The van der Waals surface area contributed by atoms with Gasteiger partial charge in [-0.3, -0.25) is 9.59 Å². The van der Waals surface area contributed by atoms with E-state index >= 15 is 0 Å². The summed E-state index contributed by atoms with van der Waals surface area (Å²) in [7, 11) is 1.86. The van der Waals surface area contributed by atoms with Crippen LogP contribution in [0.1, 0.15) is 61.7 Å². The van der Waals surface area contributed by atoms with Gasteiger partial charge in [-0.1, -0.05) is 37.3 Å². The van der Waals surface area contributed by atoms with E-state index in [9.17, 15) is 9.59 Å². The van der Waals surface area contributed by atoms with Crippen molar-refractivity contribution in [3.05, 3.63) is 28.8 Å². The topological polar surface area (TPSA) is 61.4 Å². The van der Waals surface area contributed by atoms with E-state index in [2.05, 4.69) is 10.6 Å². The van der Waals surface area contributed by atoms with Crippen LogP contribution in [0.25, 0.3) is 0 Å². The van der Waals surface area contributed by atoms with Gasteiger partial charge < -0.3 is 15.5 Å². The third kappa shape index (κ3) is 5.59. The van der Waals surface area contributed by atoms with Crippen molar-refractivity contribution < 1.29 is 9.59 Å². The first-order valence-corrected chi connectivity index (χ1v) is 10.0. The summed E-state index contributed by atoms with van der Waals surface area (Å²) in [4.78, 5) is 26.9. The highest BCUT2D eigenvalue weighted by atomic mass is 35.5. The molecule has 150 valence electrons. The van der Waals surface area contributed by atoms with Gasteiger partial charge in [0.05, 0.1) is 16.6 Å². The third-order valence-electron chi connectivity index (χ3n) is 5.54. The van der Waals surface area contributed by atoms with Crippen LogP contribution in [-0.2, 0) is 4.79 Å². The summed E-state index contributed by atoms with van der Waals surface area (Å²) < 4.78 is 0. The molecular weight excluding hydrogens is 385 g/mol. The van der Waals surface area contributed by atoms with Crippen molar-refractivity contribution >= 4 is 41.5 Å². The molecule has 0 radical (unpaired) electrons. The molecule has 1 aromatic rings. The lowest BCUT2D eigenvalue weighted by molar-refractivity contribution is -0.118. The highest BCUT2D eigenvalue weighted by molar-refractivity contribution is 6.34. The zero-order valence-electron chi connectivity index (χ0n) is 15.8. The molecule has 1 unspecified atom stereocenters. The first-order valence-electron chi connectivity index (χ1n) is 9.67. The van der Waals surface area contributed by atoms with Crippen molar-refractivity contribution in [2.75, 3.05) is 18.9 Å². The smallest absolute Gasteiger partial charge is 0.255 e. The number of nitrogens with one attached hydrogen (secondary N) is 2. The number of anilines is 1. The third-order valence-corrected chi connectivity index (χ3v) is 5.85. The maximum atomic E-state index is 12.8. The second kappa shape index (κ2) is 10.3. The van der Waals surface area contributed by atoms with E-state index in [1.807, 2.05) is 11.9 Å². The van der Waals surface area contributed by atoms with Crippen molar-refractivity contribution in [1.82, 2.24) is 10.2 Å². The van der Waals surface area contributed by atoms with Crippen molar-refractivity contribution in [3.8, 4) is 0 Å². The van der Waals surface area contributed by atoms with E-state index < -0.39 is 0 Å². The molecule has 3 rings (SSSR count). The molecule has 1 saturated heterocycles. The van der Waals surface area contributed by atoms with Crippen molar-refractivity contribution in [3.63, 3.8) is 0 Å². The van der Waals surface area contributed by atoms with Crippen molar-refractivity contribution in [2.45, 2.75) is 63.5 Å². The number of halogens is 2. The normalized spacial score (nSPS) is 20.4. The minimum absolute atomic E-state index is 0. The number of amides is 2. The fourth-order valence-electron chi connectivity index (χ4n) is 3.90. The van der Waals surface area contributed by atoms with Gasteiger partial charge in [-0.15, -0.1) is 12.4 Å². The molecule has 27 heavy (non-hydrogen) atoms. The van der Waals surface area contributed by atoms with Crippen LogP contribution in [0.2, 0.25) is 5.02 Å². The molecule has 1 atom stereocenters. The van der Waals surface area contributed by atoms with Crippen LogP contribution in [0.4, 0.5) is 5.69 Å². The quantitative estimate of drug-likeness (QED) is 0.775. The Hall–Kier alpha value is -1.30. The molecule has 1 aliphatic carbocycles. The summed E-state index contributed by atoms with van der Waals surface area (Å²) in [6.07, 6.45) is 8.75. The van der Waals surface area contributed by atoms with Gasteiger partial charge in [-0.25, -0.2) is 0 Å². The molecule has 2 amide bonds. The van der Waals surface area contributed by atoms with Crippen LogP contribution in [0, 0.1) is 0 Å². The lowest BCUT2D eigenvalue weighted by Gasteiger charge is -2.31. The van der Waals surface area contributed by atoms with Crippen LogP contribution >= 0.6 is 24.0 Å². The molecule has 1 heterocycles. The molecule has 2 N–H and O–H groups in total. The van der Waals surface area contributed by atoms with Gasteiger partial charge >= 0.3 is 0 Å². The summed E-state index contributed by atoms with van der Waals surface area (Å²) >= 11 is 6.36. The first-order chi connectivity index (χ1) is 12.6. The van der Waals surface area contributed by atoms with Crippen molar-refractivity contribution in [2.24, 2.45) is 0 Å². The fraction of sp³-hybridized carbons (Fsp3) is 0.600. The van der Waals surface area contributed by atoms with E-state index in [-0.39, 0.29) is 30.3 Å². The Balaban J connectivity index is 0.00000261. The molecule has 0 spiro atoms. The second-order valence-corrected chi connectivity index (χ2v) is 7.80. The summed E-state index contributed by atoms with van der Waals surface area (Å²) in [5.41, 5.74) is 1.12. The van der Waals surface area contributed by atoms with E-state index in [0.29, 0.717) is 22.3 Å². The van der Waals surface area contributed by atoms with Crippen LogP contribution in [0.5, 0.6) is 0 Å². The van der Waals surface area contributed by atoms with Gasteiger partial charge in [0.2, 0.25) is 5.91 Å². The van der Waals surface area contributed by atoms with Crippen LogP contribution in [0.15, 0.2) is 18.2 Å².